The van der Waals surface area contributed by atoms with Crippen molar-refractivity contribution in [3.63, 3.8) is 0 Å². The summed E-state index contributed by atoms with van der Waals surface area (Å²) in [7, 11) is 0. The van der Waals surface area contributed by atoms with Crippen LogP contribution in [0.2, 0.25) is 0 Å². The van der Waals surface area contributed by atoms with Crippen molar-refractivity contribution in [2.24, 2.45) is 0 Å². The van der Waals surface area contributed by atoms with Crippen LogP contribution in [0, 0.1) is 0 Å². The Balaban J connectivity index is 0.00000193. The first-order valence-electron chi connectivity index (χ1n) is 11.2. The molecule has 31 heavy (non-hydrogen) atoms. The molecule has 0 radical (unpaired) electrons. The molecule has 2 aromatic rings. The van der Waals surface area contributed by atoms with E-state index < -0.39 is 5.67 Å². The molecule has 1 aromatic heterocycles. The zero-order chi connectivity index (χ0) is 22.2. The Kier molecular flexibility index (Phi) is 5.58. The Morgan fingerprint density at radius 3 is 2.84 bits per heavy atom. The van der Waals surface area contributed by atoms with Gasteiger partial charge in [0.15, 0.2) is 0 Å². The lowest BCUT2D eigenvalue weighted by Gasteiger charge is -2.33. The van der Waals surface area contributed by atoms with Gasteiger partial charge in [-0.25, -0.2) is 14.4 Å². The van der Waals surface area contributed by atoms with Gasteiger partial charge in [-0.2, -0.15) is 0 Å². The van der Waals surface area contributed by atoms with Gasteiger partial charge in [-0.05, 0) is 41.7 Å². The molecule has 1 aliphatic carbocycles. The molecule has 5 nitrogen and oxygen atoms in total. The van der Waals surface area contributed by atoms with Crippen molar-refractivity contribution < 1.29 is 12.0 Å². The van der Waals surface area contributed by atoms with Crippen molar-refractivity contribution in [1.82, 2.24) is 15.3 Å². The molecule has 6 heteroatoms. The van der Waals surface area contributed by atoms with Gasteiger partial charge in [0.05, 0.1) is 12.2 Å². The van der Waals surface area contributed by atoms with Gasteiger partial charge in [-0.1, -0.05) is 46.3 Å². The molecule has 1 aliphatic heterocycles. The lowest BCUT2D eigenvalue weighted by Crippen LogP contribution is -2.43. The number of alkyl halides is 1. The van der Waals surface area contributed by atoms with E-state index in [2.05, 4.69) is 46.6 Å². The van der Waals surface area contributed by atoms with Crippen molar-refractivity contribution in [2.45, 2.75) is 64.5 Å². The highest BCUT2D eigenvalue weighted by atomic mass is 19.1. The molecular formula is C25H35FN4O. The topological polar surface area (TPSA) is 66.9 Å². The van der Waals surface area contributed by atoms with Gasteiger partial charge in [0.1, 0.15) is 5.67 Å². The van der Waals surface area contributed by atoms with E-state index in [1.807, 2.05) is 32.2 Å². The van der Waals surface area contributed by atoms with E-state index in [-0.39, 0.29) is 20.7 Å². The summed E-state index contributed by atoms with van der Waals surface area (Å²) in [5.74, 6) is 0.461. The summed E-state index contributed by atoms with van der Waals surface area (Å²) in [6.07, 6.45) is 6.50. The molecular weight excluding hydrogens is 391 g/mol. The predicted octanol–water partition coefficient (Wildman–Crippen LogP) is 5.31. The van der Waals surface area contributed by atoms with Gasteiger partial charge in [0, 0.05) is 38.6 Å². The van der Waals surface area contributed by atoms with Crippen molar-refractivity contribution in [3.8, 4) is 0 Å². The maximum atomic E-state index is 14.8. The van der Waals surface area contributed by atoms with E-state index in [4.69, 9.17) is 0 Å². The summed E-state index contributed by atoms with van der Waals surface area (Å²) >= 11 is 0. The molecule has 0 saturated heterocycles. The molecule has 0 bridgehead atoms. The first kappa shape index (κ1) is 21.5. The maximum absolute atomic E-state index is 14.8. The Hall–Kier alpha value is -2.76. The minimum Gasteiger partial charge on any atom is -0.351 e. The predicted molar refractivity (Wildman–Crippen MR) is 126 cm³/mol. The quantitative estimate of drug-likeness (QED) is 0.630. The molecule has 0 fully saturated rings. The molecule has 1 amide bonds. The van der Waals surface area contributed by atoms with E-state index in [1.54, 1.807) is 0 Å². The van der Waals surface area contributed by atoms with Crippen LogP contribution in [0.1, 0.15) is 82.6 Å². The highest BCUT2D eigenvalue weighted by molar-refractivity contribution is 5.98. The average molecular weight is 427 g/mol. The van der Waals surface area contributed by atoms with Crippen LogP contribution in [-0.2, 0) is 11.8 Å². The SMILES string of the molecule is CCCC(F)(CC)CNc1ncc2c(n1)CC=C2c1ccc2c(c1)C(C)(C)CNC2=O.[HH].[HH]. The fraction of sp³-hybridized carbons (Fsp3) is 0.480. The summed E-state index contributed by atoms with van der Waals surface area (Å²) in [5.41, 5.74) is 4.55. The van der Waals surface area contributed by atoms with Crippen molar-refractivity contribution in [1.29, 1.82) is 0 Å². The van der Waals surface area contributed by atoms with Crippen LogP contribution in [0.4, 0.5) is 10.3 Å². The standard InChI is InChI=1S/C25H31FN4O.2H2/c1-5-11-25(26,6-2)15-29-23-27-13-19-17(9-10-21(19)30-23)16-7-8-18-20(12-16)24(3,4)14-28-22(18)31;;/h7-9,12-13H,5-6,10-11,14-15H2,1-4H3,(H,28,31)(H,27,29,30);2*1H. The van der Waals surface area contributed by atoms with E-state index in [0.717, 1.165) is 39.9 Å². The van der Waals surface area contributed by atoms with Gasteiger partial charge >= 0.3 is 0 Å². The van der Waals surface area contributed by atoms with Crippen LogP contribution >= 0.6 is 0 Å². The number of nitrogens with one attached hydrogen (secondary N) is 2. The van der Waals surface area contributed by atoms with Crippen LogP contribution in [0.3, 0.4) is 0 Å². The second-order valence-electron chi connectivity index (χ2n) is 9.31. The third-order valence-electron chi connectivity index (χ3n) is 6.55. The Morgan fingerprint density at radius 2 is 2.10 bits per heavy atom. The lowest BCUT2D eigenvalue weighted by atomic mass is 9.77. The minimum absolute atomic E-state index is 0. The van der Waals surface area contributed by atoms with Crippen molar-refractivity contribution in [2.75, 3.05) is 18.4 Å². The first-order chi connectivity index (χ1) is 14.8. The van der Waals surface area contributed by atoms with Crippen molar-refractivity contribution in [3.05, 3.63) is 58.4 Å². The summed E-state index contributed by atoms with van der Waals surface area (Å²) in [4.78, 5) is 21.4. The van der Waals surface area contributed by atoms with Gasteiger partial charge < -0.3 is 10.6 Å². The molecule has 1 unspecified atom stereocenters. The Bertz CT molecular complexity index is 1060. The number of anilines is 1. The van der Waals surface area contributed by atoms with Gasteiger partial charge in [0.25, 0.3) is 5.91 Å². The third kappa shape index (κ3) is 4.08. The number of benzene rings is 1. The number of hydrogen-bond acceptors (Lipinski definition) is 4. The van der Waals surface area contributed by atoms with Gasteiger partial charge in [-0.3, -0.25) is 4.79 Å². The number of hydrogen-bond donors (Lipinski definition) is 2. The second-order valence-corrected chi connectivity index (χ2v) is 9.31. The van der Waals surface area contributed by atoms with Crippen LogP contribution in [0.25, 0.3) is 5.57 Å². The summed E-state index contributed by atoms with van der Waals surface area (Å²) in [6, 6.07) is 6.04. The summed E-state index contributed by atoms with van der Waals surface area (Å²) < 4.78 is 14.8. The monoisotopic (exact) mass is 426 g/mol. The second kappa shape index (κ2) is 8.06. The summed E-state index contributed by atoms with van der Waals surface area (Å²) in [5, 5.41) is 6.06. The minimum atomic E-state index is -1.23. The molecule has 2 heterocycles. The number of fused-ring (bicyclic) bond motifs is 2. The van der Waals surface area contributed by atoms with Crippen LogP contribution in [0.15, 0.2) is 30.5 Å². The van der Waals surface area contributed by atoms with E-state index in [1.165, 1.54) is 0 Å². The number of carbonyl (C=O) groups is 1. The highest BCUT2D eigenvalue weighted by Gasteiger charge is 2.32. The molecule has 2 aliphatic rings. The van der Waals surface area contributed by atoms with Gasteiger partial charge in [0.2, 0.25) is 5.95 Å². The number of nitrogens with zero attached hydrogens (tertiary/aromatic N) is 2. The molecule has 168 valence electrons. The zero-order valence-corrected chi connectivity index (χ0v) is 18.8. The highest BCUT2D eigenvalue weighted by Crippen LogP contribution is 2.36. The largest absolute Gasteiger partial charge is 0.351 e. The van der Waals surface area contributed by atoms with Crippen molar-refractivity contribution >= 4 is 17.4 Å². The number of allylic oxidation sites excluding steroid dienone is 1. The van der Waals surface area contributed by atoms with E-state index in [9.17, 15) is 9.18 Å². The number of aromatic nitrogens is 2. The lowest BCUT2D eigenvalue weighted by molar-refractivity contribution is 0.0930. The molecule has 1 aromatic carbocycles. The van der Waals surface area contributed by atoms with E-state index in [0.29, 0.717) is 31.8 Å². The zero-order valence-electron chi connectivity index (χ0n) is 18.8. The van der Waals surface area contributed by atoms with Gasteiger partial charge in [-0.15, -0.1) is 0 Å². The first-order valence-corrected chi connectivity index (χ1v) is 11.2. The molecule has 2 N–H and O–H groups in total. The van der Waals surface area contributed by atoms with E-state index >= 15 is 0 Å². The smallest absolute Gasteiger partial charge is 0.251 e. The average Bonchev–Trinajstić information content (AvgIpc) is 3.18. The molecule has 4 rings (SSSR count). The number of rotatable bonds is 7. The Labute approximate surface area is 186 Å². The fourth-order valence-electron chi connectivity index (χ4n) is 4.50. The molecule has 0 saturated carbocycles. The van der Waals surface area contributed by atoms with Crippen LogP contribution < -0.4 is 10.6 Å². The number of carbonyl (C=O) groups excluding carboxylic acids is 1. The third-order valence-corrected chi connectivity index (χ3v) is 6.55. The Morgan fingerprint density at radius 1 is 1.29 bits per heavy atom. The fourth-order valence-corrected chi connectivity index (χ4v) is 4.50. The molecule has 0 spiro atoms. The molecule has 1 atom stereocenters. The number of amides is 1. The normalized spacial score (nSPS) is 18.5. The number of halogens is 1. The van der Waals surface area contributed by atoms with Crippen LogP contribution in [0.5, 0.6) is 0 Å². The summed E-state index contributed by atoms with van der Waals surface area (Å²) in [6.45, 7) is 9.01. The van der Waals surface area contributed by atoms with Crippen LogP contribution in [-0.4, -0.2) is 34.6 Å². The maximum Gasteiger partial charge on any atom is 0.251 e.